The summed E-state index contributed by atoms with van der Waals surface area (Å²) in [6.07, 6.45) is 0. The maximum atomic E-state index is 11.4. The van der Waals surface area contributed by atoms with E-state index in [0.717, 1.165) is 16.8 Å². The van der Waals surface area contributed by atoms with E-state index in [4.69, 9.17) is 0 Å². The number of rotatable bonds is 2. The molecule has 0 aliphatic carbocycles. The molecule has 1 aromatic carbocycles. The molecule has 0 bridgehead atoms. The summed E-state index contributed by atoms with van der Waals surface area (Å²) in [4.78, 5) is -0.122. The van der Waals surface area contributed by atoms with Crippen molar-refractivity contribution in [1.29, 1.82) is 0 Å². The first-order valence-electron chi connectivity index (χ1n) is 5.41. The third kappa shape index (κ3) is 2.16. The molecule has 18 heavy (non-hydrogen) atoms. The number of aromatic amines is 1. The van der Waals surface area contributed by atoms with E-state index in [1.54, 1.807) is 12.1 Å². The molecule has 2 N–H and O–H groups in total. The van der Waals surface area contributed by atoms with Crippen molar-refractivity contribution >= 4 is 10.1 Å². The first-order chi connectivity index (χ1) is 8.30. The van der Waals surface area contributed by atoms with Crippen LogP contribution in [0.4, 0.5) is 0 Å². The maximum absolute atomic E-state index is 11.4. The number of nitrogens with one attached hydrogen (secondary N) is 1. The lowest BCUT2D eigenvalue weighted by atomic mass is 10.1. The van der Waals surface area contributed by atoms with E-state index in [9.17, 15) is 13.0 Å². The van der Waals surface area contributed by atoms with Crippen LogP contribution in [0.1, 0.15) is 16.8 Å². The second-order valence-electron chi connectivity index (χ2n) is 4.30. The maximum Gasteiger partial charge on any atom is 0.295 e. The van der Waals surface area contributed by atoms with Crippen molar-refractivity contribution in [2.24, 2.45) is 0 Å². The minimum Gasteiger partial charge on any atom is -0.282 e. The molecule has 6 heteroatoms. The summed E-state index contributed by atoms with van der Waals surface area (Å²) < 4.78 is 32.0. The third-order valence-corrected chi connectivity index (χ3v) is 3.83. The van der Waals surface area contributed by atoms with Crippen LogP contribution in [0, 0.1) is 20.8 Å². The molecule has 0 unspecified atom stereocenters. The van der Waals surface area contributed by atoms with Gasteiger partial charge in [-0.15, -0.1) is 0 Å². The van der Waals surface area contributed by atoms with Crippen LogP contribution in [-0.4, -0.2) is 23.2 Å². The van der Waals surface area contributed by atoms with Gasteiger partial charge in [0.1, 0.15) is 4.90 Å². The van der Waals surface area contributed by atoms with E-state index in [-0.39, 0.29) is 4.90 Å². The summed E-state index contributed by atoms with van der Waals surface area (Å²) in [6, 6.07) is 4.73. The number of H-pyrrole nitrogens is 1. The first kappa shape index (κ1) is 12.8. The Labute approximate surface area is 106 Å². The van der Waals surface area contributed by atoms with E-state index in [1.165, 1.54) is 6.07 Å². The van der Waals surface area contributed by atoms with Crippen molar-refractivity contribution in [2.45, 2.75) is 25.7 Å². The summed E-state index contributed by atoms with van der Waals surface area (Å²) in [5.41, 5.74) is 3.60. The third-order valence-electron chi connectivity index (χ3n) is 2.92. The fourth-order valence-electron chi connectivity index (χ4n) is 1.80. The molecule has 96 valence electrons. The zero-order valence-electron chi connectivity index (χ0n) is 10.4. The average molecular weight is 266 g/mol. The Kier molecular flexibility index (Phi) is 3.00. The summed E-state index contributed by atoms with van der Waals surface area (Å²) in [5, 5.41) is 6.91. The van der Waals surface area contributed by atoms with Gasteiger partial charge in [-0.3, -0.25) is 9.65 Å². The van der Waals surface area contributed by atoms with Crippen molar-refractivity contribution in [3.8, 4) is 11.3 Å². The molecular weight excluding hydrogens is 252 g/mol. The lowest BCUT2D eigenvalue weighted by Crippen LogP contribution is -2.01. The highest BCUT2D eigenvalue weighted by Crippen LogP contribution is 2.30. The van der Waals surface area contributed by atoms with Crippen LogP contribution >= 0.6 is 0 Å². The molecule has 2 rings (SSSR count). The molecule has 0 saturated heterocycles. The van der Waals surface area contributed by atoms with E-state index in [1.807, 2.05) is 20.8 Å². The Morgan fingerprint density at radius 2 is 1.89 bits per heavy atom. The van der Waals surface area contributed by atoms with Gasteiger partial charge in [-0.1, -0.05) is 11.6 Å². The van der Waals surface area contributed by atoms with Gasteiger partial charge in [-0.05, 0) is 38.5 Å². The van der Waals surface area contributed by atoms with Gasteiger partial charge in [-0.25, -0.2) is 0 Å². The van der Waals surface area contributed by atoms with Gasteiger partial charge in [0.2, 0.25) is 0 Å². The van der Waals surface area contributed by atoms with E-state index in [0.29, 0.717) is 11.3 Å². The lowest BCUT2D eigenvalue weighted by molar-refractivity contribution is 0.483. The molecule has 0 fully saturated rings. The number of aryl methyl sites for hydroxylation is 2. The van der Waals surface area contributed by atoms with Crippen LogP contribution in [0.3, 0.4) is 0 Å². The second kappa shape index (κ2) is 4.22. The van der Waals surface area contributed by atoms with Gasteiger partial charge in [0.05, 0.1) is 5.69 Å². The Morgan fingerprint density at radius 1 is 1.22 bits per heavy atom. The van der Waals surface area contributed by atoms with Crippen molar-refractivity contribution < 1.29 is 13.0 Å². The van der Waals surface area contributed by atoms with Crippen LogP contribution in [-0.2, 0) is 10.1 Å². The molecule has 0 spiro atoms. The van der Waals surface area contributed by atoms with Crippen LogP contribution in [0.25, 0.3) is 11.3 Å². The Balaban J connectivity index is 2.78. The summed E-state index contributed by atoms with van der Waals surface area (Å²) in [5.74, 6) is 0. The fraction of sp³-hybridized carbons (Fsp3) is 0.250. The Bertz CT molecular complexity index is 702. The monoisotopic (exact) mass is 266 g/mol. The van der Waals surface area contributed by atoms with Gasteiger partial charge in [0.25, 0.3) is 10.1 Å². The zero-order valence-corrected chi connectivity index (χ0v) is 11.2. The summed E-state index contributed by atoms with van der Waals surface area (Å²) in [6.45, 7) is 5.56. The fourth-order valence-corrected chi connectivity index (χ4v) is 2.47. The highest BCUT2D eigenvalue weighted by molar-refractivity contribution is 7.86. The van der Waals surface area contributed by atoms with Crippen LogP contribution in [0.2, 0.25) is 0 Å². The Hall–Kier alpha value is -1.66. The molecule has 5 nitrogen and oxygen atoms in total. The number of nitrogens with zero attached hydrogens (tertiary/aromatic N) is 1. The van der Waals surface area contributed by atoms with E-state index < -0.39 is 10.1 Å². The van der Waals surface area contributed by atoms with Gasteiger partial charge in [0.15, 0.2) is 0 Å². The molecular formula is C12H14N2O3S. The number of aromatic nitrogens is 2. The van der Waals surface area contributed by atoms with E-state index in [2.05, 4.69) is 10.2 Å². The highest BCUT2D eigenvalue weighted by atomic mass is 32.2. The van der Waals surface area contributed by atoms with E-state index >= 15 is 0 Å². The number of hydrogen-bond donors (Lipinski definition) is 2. The van der Waals surface area contributed by atoms with Crippen LogP contribution in [0.15, 0.2) is 23.1 Å². The molecule has 1 heterocycles. The Morgan fingerprint density at radius 3 is 2.39 bits per heavy atom. The molecule has 0 amide bonds. The minimum atomic E-state index is -4.26. The molecule has 0 aliphatic heterocycles. The smallest absolute Gasteiger partial charge is 0.282 e. The quantitative estimate of drug-likeness (QED) is 0.817. The number of hydrogen-bond acceptors (Lipinski definition) is 3. The standard InChI is InChI=1S/C12H14N2O3S/c1-7-4-5-11(18(15,16)17)10(6-7)12-8(2)9(3)13-14-12/h4-6H,1-3H3,(H,13,14)(H,15,16,17). The molecule has 0 aliphatic rings. The summed E-state index contributed by atoms with van der Waals surface area (Å²) in [7, 11) is -4.26. The van der Waals surface area contributed by atoms with Crippen molar-refractivity contribution in [3.05, 3.63) is 35.0 Å². The SMILES string of the molecule is Cc1ccc(S(=O)(=O)O)c(-c2n[nH]c(C)c2C)c1. The van der Waals surface area contributed by atoms with Crippen LogP contribution in [0.5, 0.6) is 0 Å². The minimum absolute atomic E-state index is 0.122. The largest absolute Gasteiger partial charge is 0.295 e. The van der Waals surface area contributed by atoms with Crippen LogP contribution < -0.4 is 0 Å². The lowest BCUT2D eigenvalue weighted by Gasteiger charge is -2.07. The van der Waals surface area contributed by atoms with Crippen molar-refractivity contribution in [1.82, 2.24) is 10.2 Å². The second-order valence-corrected chi connectivity index (χ2v) is 5.69. The first-order valence-corrected chi connectivity index (χ1v) is 6.85. The average Bonchev–Trinajstić information content (AvgIpc) is 2.58. The van der Waals surface area contributed by atoms with Gasteiger partial charge >= 0.3 is 0 Å². The van der Waals surface area contributed by atoms with Gasteiger partial charge < -0.3 is 0 Å². The molecule has 0 saturated carbocycles. The predicted molar refractivity (Wildman–Crippen MR) is 68.0 cm³/mol. The molecule has 1 aromatic heterocycles. The van der Waals surface area contributed by atoms with Crippen molar-refractivity contribution in [3.63, 3.8) is 0 Å². The topological polar surface area (TPSA) is 83.1 Å². The summed E-state index contributed by atoms with van der Waals surface area (Å²) >= 11 is 0. The molecule has 0 radical (unpaired) electrons. The van der Waals surface area contributed by atoms with Gasteiger partial charge in [0, 0.05) is 11.3 Å². The van der Waals surface area contributed by atoms with Crippen molar-refractivity contribution in [2.75, 3.05) is 0 Å². The predicted octanol–water partition coefficient (Wildman–Crippen LogP) is 2.25. The molecule has 2 aromatic rings. The highest BCUT2D eigenvalue weighted by Gasteiger charge is 2.20. The number of benzene rings is 1. The zero-order chi connectivity index (χ0) is 13.5. The normalized spacial score (nSPS) is 11.8. The molecule has 0 atom stereocenters. The van der Waals surface area contributed by atoms with Gasteiger partial charge in [-0.2, -0.15) is 13.5 Å².